The predicted molar refractivity (Wildman–Crippen MR) is 146 cm³/mol. The summed E-state index contributed by atoms with van der Waals surface area (Å²) >= 11 is 0. The number of nitrogens with zero attached hydrogens (tertiary/aromatic N) is 5. The first-order valence-electron chi connectivity index (χ1n) is 12.8. The summed E-state index contributed by atoms with van der Waals surface area (Å²) in [7, 11) is -2.49. The molecule has 3 aromatic heterocycles. The largest absolute Gasteiger partial charge is 0.466 e. The molecule has 0 spiro atoms. The normalized spacial score (nSPS) is 17.5. The Kier molecular flexibility index (Phi) is 9.33. The topological polar surface area (TPSA) is 153 Å². The third-order valence-electron chi connectivity index (χ3n) is 6.54. The van der Waals surface area contributed by atoms with Crippen molar-refractivity contribution in [3.63, 3.8) is 0 Å². The third-order valence-corrected chi connectivity index (χ3v) is 8.10. The molecule has 3 aromatic rings. The predicted octanol–water partition coefficient (Wildman–Crippen LogP) is 2.82. The van der Waals surface area contributed by atoms with E-state index < -0.39 is 27.8 Å². The number of aliphatic hydroxyl groups excluding tert-OH is 1. The lowest BCUT2D eigenvalue weighted by molar-refractivity contribution is -0.134. The molecule has 0 aromatic carbocycles. The summed E-state index contributed by atoms with van der Waals surface area (Å²) in [6.45, 7) is 1.84. The van der Waals surface area contributed by atoms with E-state index >= 15 is 0 Å². The zero-order valence-electron chi connectivity index (χ0n) is 22.3. The molecule has 0 saturated heterocycles. The number of carbonyl (C=O) groups excluding carboxylic acids is 2. The molecule has 0 bridgehead atoms. The Hall–Kier alpha value is -4.03. The van der Waals surface area contributed by atoms with Gasteiger partial charge in [-0.15, -0.1) is 0 Å². The van der Waals surface area contributed by atoms with Crippen molar-refractivity contribution in [2.24, 2.45) is 5.92 Å². The Labute approximate surface area is 232 Å². The van der Waals surface area contributed by atoms with Crippen molar-refractivity contribution < 1.29 is 27.9 Å². The maximum absolute atomic E-state index is 13.7. The van der Waals surface area contributed by atoms with E-state index in [9.17, 15) is 23.1 Å². The van der Waals surface area contributed by atoms with Crippen molar-refractivity contribution >= 4 is 33.5 Å². The average molecular weight is 566 g/mol. The molecule has 2 atom stereocenters. The van der Waals surface area contributed by atoms with E-state index in [0.717, 1.165) is 12.0 Å². The van der Waals surface area contributed by atoms with E-state index in [-0.39, 0.29) is 23.2 Å². The number of pyridine rings is 2. The van der Waals surface area contributed by atoms with Crippen molar-refractivity contribution in [2.45, 2.75) is 56.0 Å². The van der Waals surface area contributed by atoms with Crippen LogP contribution < -0.4 is 4.90 Å². The van der Waals surface area contributed by atoms with Crippen molar-refractivity contribution in [1.82, 2.24) is 19.9 Å². The van der Waals surface area contributed by atoms with Gasteiger partial charge >= 0.3 is 5.97 Å². The van der Waals surface area contributed by atoms with Crippen LogP contribution >= 0.6 is 0 Å². The maximum atomic E-state index is 13.7. The summed E-state index contributed by atoms with van der Waals surface area (Å²) in [6.07, 6.45) is 13.3. The fourth-order valence-electron chi connectivity index (χ4n) is 4.56. The van der Waals surface area contributed by atoms with Gasteiger partial charge in [0.15, 0.2) is 5.03 Å². The maximum Gasteiger partial charge on any atom is 0.330 e. The molecule has 1 amide bonds. The number of hydrogen-bond donors (Lipinski definition) is 1. The van der Waals surface area contributed by atoms with E-state index in [1.807, 2.05) is 6.92 Å². The number of carbonyl (C=O) groups is 2. The number of amides is 1. The fraction of sp³-hybridized carbons (Fsp3) is 0.357. The van der Waals surface area contributed by atoms with Gasteiger partial charge in [-0.1, -0.05) is 12.5 Å². The monoisotopic (exact) mass is 565 g/mol. The standard InChI is InChI=1S/C28H31N5O6S/c1-19-8-21(13-29-11-19)18-40(37,38)26-16-31-23(14-32-26)17-33(28(36)22-4-3-5-25(34)10-22)24-9-20(12-30-15-24)6-7-27(35)39-2/h6-9,11-16,22,25,34H,3-5,10,17-18H2,1-2H3/b7-6+. The number of aliphatic hydroxyl groups is 1. The minimum Gasteiger partial charge on any atom is -0.466 e. The highest BCUT2D eigenvalue weighted by atomic mass is 32.2. The van der Waals surface area contributed by atoms with Gasteiger partial charge in [-0.05, 0) is 55.0 Å². The molecular formula is C28H31N5O6S. The van der Waals surface area contributed by atoms with E-state index in [1.165, 1.54) is 48.9 Å². The highest BCUT2D eigenvalue weighted by Crippen LogP contribution is 2.29. The quantitative estimate of drug-likeness (QED) is 0.303. The van der Waals surface area contributed by atoms with E-state index in [2.05, 4.69) is 24.7 Å². The van der Waals surface area contributed by atoms with Crippen LogP contribution in [-0.2, 0) is 36.5 Å². The number of rotatable bonds is 9. The number of aromatic nitrogens is 4. The Bertz CT molecular complexity index is 1490. The average Bonchev–Trinajstić information content (AvgIpc) is 2.94. The van der Waals surface area contributed by atoms with Gasteiger partial charge < -0.3 is 14.7 Å². The van der Waals surface area contributed by atoms with Crippen LogP contribution in [0.1, 0.15) is 48.1 Å². The van der Waals surface area contributed by atoms with Crippen LogP contribution in [-0.4, -0.2) is 58.6 Å². The van der Waals surface area contributed by atoms with Crippen LogP contribution in [0.4, 0.5) is 5.69 Å². The van der Waals surface area contributed by atoms with Crippen molar-refractivity contribution in [3.8, 4) is 0 Å². The molecule has 12 heteroatoms. The van der Waals surface area contributed by atoms with Gasteiger partial charge in [0.2, 0.25) is 15.7 Å². The van der Waals surface area contributed by atoms with Crippen molar-refractivity contribution in [1.29, 1.82) is 0 Å². The van der Waals surface area contributed by atoms with E-state index in [0.29, 0.717) is 41.8 Å². The Balaban J connectivity index is 1.59. The first-order valence-corrected chi connectivity index (χ1v) is 14.4. The summed E-state index contributed by atoms with van der Waals surface area (Å²) in [5, 5.41) is 9.99. The SMILES string of the molecule is COC(=O)/C=C/c1cncc(N(Cc2cnc(S(=O)(=O)Cc3cncc(C)c3)cn2)C(=O)C2CCCC(O)C2)c1. The summed E-state index contributed by atoms with van der Waals surface area (Å²) in [4.78, 5) is 43.4. The molecule has 2 unspecified atom stereocenters. The second-order valence-electron chi connectivity index (χ2n) is 9.75. The van der Waals surface area contributed by atoms with Gasteiger partial charge in [0, 0.05) is 30.6 Å². The number of hydrogen-bond acceptors (Lipinski definition) is 10. The highest BCUT2D eigenvalue weighted by Gasteiger charge is 2.31. The molecule has 0 aliphatic heterocycles. The number of ether oxygens (including phenoxy) is 1. The first-order chi connectivity index (χ1) is 19.1. The third kappa shape index (κ3) is 7.54. The van der Waals surface area contributed by atoms with Crippen LogP contribution in [0.2, 0.25) is 0 Å². The molecule has 4 rings (SSSR count). The van der Waals surface area contributed by atoms with Crippen LogP contribution in [0.15, 0.2) is 60.4 Å². The lowest BCUT2D eigenvalue weighted by Gasteiger charge is -2.31. The minimum atomic E-state index is -3.77. The lowest BCUT2D eigenvalue weighted by Crippen LogP contribution is -2.39. The second-order valence-corrected chi connectivity index (χ2v) is 11.7. The molecule has 11 nitrogen and oxygen atoms in total. The van der Waals surface area contributed by atoms with Crippen molar-refractivity contribution in [2.75, 3.05) is 12.0 Å². The zero-order chi connectivity index (χ0) is 28.7. The molecule has 1 saturated carbocycles. The number of anilines is 1. The molecule has 1 aliphatic rings. The second kappa shape index (κ2) is 12.9. The summed E-state index contributed by atoms with van der Waals surface area (Å²) in [6, 6.07) is 3.45. The Morgan fingerprint density at radius 3 is 2.58 bits per heavy atom. The molecule has 1 N–H and O–H groups in total. The summed E-state index contributed by atoms with van der Waals surface area (Å²) < 4.78 is 30.5. The molecule has 0 radical (unpaired) electrons. The van der Waals surface area contributed by atoms with Crippen molar-refractivity contribution in [3.05, 3.63) is 77.8 Å². The van der Waals surface area contributed by atoms with Gasteiger partial charge in [0.05, 0.1) is 55.5 Å². The van der Waals surface area contributed by atoms with E-state index in [1.54, 1.807) is 24.5 Å². The molecule has 40 heavy (non-hydrogen) atoms. The number of esters is 1. The summed E-state index contributed by atoms with van der Waals surface area (Å²) in [5.41, 5.74) is 2.80. The molecular weight excluding hydrogens is 534 g/mol. The van der Waals surface area contributed by atoms with Gasteiger partial charge in [0.1, 0.15) is 0 Å². The number of aryl methyl sites for hydroxylation is 1. The number of sulfone groups is 1. The lowest BCUT2D eigenvalue weighted by atomic mass is 9.86. The minimum absolute atomic E-state index is 0.00635. The number of methoxy groups -OCH3 is 1. The Morgan fingerprint density at radius 2 is 1.88 bits per heavy atom. The molecule has 210 valence electrons. The van der Waals surface area contributed by atoms with Gasteiger partial charge in [0.25, 0.3) is 0 Å². The van der Waals surface area contributed by atoms with Crippen LogP contribution in [0.25, 0.3) is 6.08 Å². The molecule has 3 heterocycles. The smallest absolute Gasteiger partial charge is 0.330 e. The van der Waals surface area contributed by atoms with Gasteiger partial charge in [-0.2, -0.15) is 0 Å². The first kappa shape index (κ1) is 29.0. The highest BCUT2D eigenvalue weighted by molar-refractivity contribution is 7.90. The summed E-state index contributed by atoms with van der Waals surface area (Å²) in [5.74, 6) is -1.39. The van der Waals surface area contributed by atoms with Crippen LogP contribution in [0, 0.1) is 12.8 Å². The van der Waals surface area contributed by atoms with Gasteiger partial charge in [-0.25, -0.2) is 18.2 Å². The molecule has 1 fully saturated rings. The zero-order valence-corrected chi connectivity index (χ0v) is 23.1. The van der Waals surface area contributed by atoms with Gasteiger partial charge in [-0.3, -0.25) is 19.7 Å². The van der Waals surface area contributed by atoms with Crippen LogP contribution in [0.3, 0.4) is 0 Å². The molecule has 1 aliphatic carbocycles. The van der Waals surface area contributed by atoms with Crippen LogP contribution in [0.5, 0.6) is 0 Å². The van der Waals surface area contributed by atoms with E-state index in [4.69, 9.17) is 0 Å². The Morgan fingerprint density at radius 1 is 1.07 bits per heavy atom. The fourth-order valence-corrected chi connectivity index (χ4v) is 5.73.